The van der Waals surface area contributed by atoms with E-state index in [1.807, 2.05) is 54.6 Å². The van der Waals surface area contributed by atoms with Gasteiger partial charge in [0.1, 0.15) is 0 Å². The molecule has 2 aromatic carbocycles. The molecule has 0 atom stereocenters. The van der Waals surface area contributed by atoms with Crippen LogP contribution in [-0.4, -0.2) is 46.1 Å². The fourth-order valence-electron chi connectivity index (χ4n) is 2.98. The van der Waals surface area contributed by atoms with E-state index in [9.17, 15) is 9.59 Å². The maximum absolute atomic E-state index is 12.7. The van der Waals surface area contributed by atoms with Gasteiger partial charge in [-0.15, -0.1) is 0 Å². The lowest BCUT2D eigenvalue weighted by molar-refractivity contribution is 0.102. The summed E-state index contributed by atoms with van der Waals surface area (Å²) in [6.07, 6.45) is 3.29. The summed E-state index contributed by atoms with van der Waals surface area (Å²) in [7, 11) is 3.34. The summed E-state index contributed by atoms with van der Waals surface area (Å²) in [5.41, 5.74) is 4.00. The molecule has 8 heteroatoms. The second-order valence-corrected chi connectivity index (χ2v) is 6.94. The molecule has 0 aliphatic carbocycles. The molecule has 3 amide bonds. The van der Waals surface area contributed by atoms with Crippen molar-refractivity contribution in [2.75, 3.05) is 24.7 Å². The molecule has 0 saturated heterocycles. The van der Waals surface area contributed by atoms with Crippen molar-refractivity contribution < 1.29 is 9.59 Å². The summed E-state index contributed by atoms with van der Waals surface area (Å²) in [5, 5.41) is 13.4. The van der Waals surface area contributed by atoms with Crippen LogP contribution in [0.25, 0.3) is 22.0 Å². The monoisotopic (exact) mass is 400 g/mol. The Labute approximate surface area is 172 Å². The Morgan fingerprint density at radius 1 is 0.900 bits per heavy atom. The third kappa shape index (κ3) is 3.97. The fraction of sp³-hybridized carbons (Fsp3) is 0.0909. The highest BCUT2D eigenvalue weighted by Crippen LogP contribution is 2.27. The molecule has 3 N–H and O–H groups in total. The van der Waals surface area contributed by atoms with Crippen LogP contribution in [0.5, 0.6) is 0 Å². The molecule has 0 spiro atoms. The van der Waals surface area contributed by atoms with E-state index in [1.165, 1.54) is 4.90 Å². The largest absolute Gasteiger partial charge is 0.331 e. The van der Waals surface area contributed by atoms with Crippen LogP contribution in [0.3, 0.4) is 0 Å². The van der Waals surface area contributed by atoms with E-state index >= 15 is 0 Å². The number of para-hydroxylation sites is 1. The summed E-state index contributed by atoms with van der Waals surface area (Å²) in [6, 6.07) is 16.5. The van der Waals surface area contributed by atoms with Crippen LogP contribution in [0.1, 0.15) is 10.5 Å². The van der Waals surface area contributed by atoms with Gasteiger partial charge in [-0.05, 0) is 35.9 Å². The molecule has 8 nitrogen and oxygen atoms in total. The highest BCUT2D eigenvalue weighted by molar-refractivity contribution is 6.11. The van der Waals surface area contributed by atoms with Crippen molar-refractivity contribution in [2.45, 2.75) is 0 Å². The van der Waals surface area contributed by atoms with Crippen molar-refractivity contribution in [3.63, 3.8) is 0 Å². The summed E-state index contributed by atoms with van der Waals surface area (Å²) in [6.45, 7) is 0. The van der Waals surface area contributed by atoms with Crippen molar-refractivity contribution in [1.82, 2.24) is 20.1 Å². The number of nitrogens with zero attached hydrogens (tertiary/aromatic N) is 3. The molecule has 2 aromatic heterocycles. The number of hydrogen-bond acceptors (Lipinski definition) is 4. The Balaban J connectivity index is 1.64. The minimum absolute atomic E-state index is 0.237. The standard InChI is InChI=1S/C22H20N6O2/c1-28(2)22(30)25-17-10-15(12-23-13-17)14-8-9-19-18(11-14)20(27-26-19)21(29)24-16-6-4-3-5-7-16/h3-13H,1-2H3,(H,24,29)(H,25,30)(H,26,27). The second kappa shape index (κ2) is 8.04. The maximum Gasteiger partial charge on any atom is 0.321 e. The van der Waals surface area contributed by atoms with Crippen LogP contribution in [0.15, 0.2) is 67.0 Å². The number of nitrogens with one attached hydrogen (secondary N) is 3. The Kier molecular flexibility index (Phi) is 5.13. The summed E-state index contributed by atoms with van der Waals surface area (Å²) >= 11 is 0. The summed E-state index contributed by atoms with van der Waals surface area (Å²) in [5.74, 6) is -0.297. The number of aromatic amines is 1. The topological polar surface area (TPSA) is 103 Å². The molecular formula is C22H20N6O2. The average molecular weight is 400 g/mol. The molecule has 0 saturated carbocycles. The van der Waals surface area contributed by atoms with Gasteiger partial charge >= 0.3 is 6.03 Å². The van der Waals surface area contributed by atoms with Crippen molar-refractivity contribution in [3.8, 4) is 11.1 Å². The smallest absolute Gasteiger partial charge is 0.321 e. The van der Waals surface area contributed by atoms with Gasteiger partial charge in [-0.2, -0.15) is 5.10 Å². The number of hydrogen-bond donors (Lipinski definition) is 3. The molecule has 0 unspecified atom stereocenters. The van der Waals surface area contributed by atoms with Crippen LogP contribution in [0.4, 0.5) is 16.2 Å². The average Bonchev–Trinajstić information content (AvgIpc) is 3.18. The van der Waals surface area contributed by atoms with Crippen LogP contribution in [-0.2, 0) is 0 Å². The van der Waals surface area contributed by atoms with Crippen molar-refractivity contribution in [3.05, 3.63) is 72.7 Å². The second-order valence-electron chi connectivity index (χ2n) is 6.94. The van der Waals surface area contributed by atoms with Crippen molar-refractivity contribution in [1.29, 1.82) is 0 Å². The van der Waals surface area contributed by atoms with E-state index in [0.717, 1.165) is 16.6 Å². The van der Waals surface area contributed by atoms with Crippen LogP contribution in [0, 0.1) is 0 Å². The molecule has 2 heterocycles. The Bertz CT molecular complexity index is 1220. The highest BCUT2D eigenvalue weighted by Gasteiger charge is 2.15. The van der Waals surface area contributed by atoms with E-state index in [2.05, 4.69) is 25.8 Å². The Hall–Kier alpha value is -4.20. The molecular weight excluding hydrogens is 380 g/mol. The quantitative estimate of drug-likeness (QED) is 0.482. The minimum atomic E-state index is -0.297. The van der Waals surface area contributed by atoms with Gasteiger partial charge in [0, 0.05) is 36.9 Å². The molecule has 30 heavy (non-hydrogen) atoms. The van der Waals surface area contributed by atoms with Crippen LogP contribution < -0.4 is 10.6 Å². The van der Waals surface area contributed by atoms with E-state index < -0.39 is 0 Å². The van der Waals surface area contributed by atoms with Gasteiger partial charge in [0.2, 0.25) is 0 Å². The van der Waals surface area contributed by atoms with Gasteiger partial charge in [0.05, 0.1) is 17.4 Å². The van der Waals surface area contributed by atoms with Gasteiger partial charge in [0.25, 0.3) is 5.91 Å². The predicted molar refractivity (Wildman–Crippen MR) is 116 cm³/mol. The number of benzene rings is 2. The molecule has 4 aromatic rings. The van der Waals surface area contributed by atoms with E-state index in [-0.39, 0.29) is 11.9 Å². The number of fused-ring (bicyclic) bond motifs is 1. The molecule has 0 aliphatic rings. The zero-order chi connectivity index (χ0) is 21.1. The summed E-state index contributed by atoms with van der Waals surface area (Å²) < 4.78 is 0. The van der Waals surface area contributed by atoms with Gasteiger partial charge in [0.15, 0.2) is 5.69 Å². The highest BCUT2D eigenvalue weighted by atomic mass is 16.2. The molecule has 0 bridgehead atoms. The first-order valence-electron chi connectivity index (χ1n) is 9.29. The minimum Gasteiger partial charge on any atom is -0.331 e. The van der Waals surface area contributed by atoms with Gasteiger partial charge < -0.3 is 15.5 Å². The van der Waals surface area contributed by atoms with Crippen molar-refractivity contribution >= 4 is 34.2 Å². The lowest BCUT2D eigenvalue weighted by Gasteiger charge is -2.12. The number of rotatable bonds is 4. The first-order valence-corrected chi connectivity index (χ1v) is 9.29. The third-order valence-electron chi connectivity index (χ3n) is 4.54. The number of aromatic nitrogens is 3. The maximum atomic E-state index is 12.7. The zero-order valence-electron chi connectivity index (χ0n) is 16.5. The normalized spacial score (nSPS) is 10.6. The lowest BCUT2D eigenvalue weighted by atomic mass is 10.0. The van der Waals surface area contributed by atoms with Crippen molar-refractivity contribution in [2.24, 2.45) is 0 Å². The number of carbonyl (C=O) groups is 2. The number of amides is 3. The zero-order valence-corrected chi connectivity index (χ0v) is 16.5. The molecule has 0 aliphatic heterocycles. The number of carbonyl (C=O) groups excluding carboxylic acids is 2. The predicted octanol–water partition coefficient (Wildman–Crippen LogP) is 3.97. The van der Waals surface area contributed by atoms with E-state index in [0.29, 0.717) is 22.5 Å². The van der Waals surface area contributed by atoms with Gasteiger partial charge in [-0.3, -0.25) is 14.9 Å². The first-order chi connectivity index (χ1) is 14.5. The molecule has 0 radical (unpaired) electrons. The van der Waals surface area contributed by atoms with Gasteiger partial charge in [-0.25, -0.2) is 4.79 Å². The van der Waals surface area contributed by atoms with E-state index in [4.69, 9.17) is 0 Å². The number of anilines is 2. The fourth-order valence-corrected chi connectivity index (χ4v) is 2.98. The molecule has 0 fully saturated rings. The lowest BCUT2D eigenvalue weighted by Crippen LogP contribution is -2.27. The van der Waals surface area contributed by atoms with E-state index in [1.54, 1.807) is 26.5 Å². The molecule has 150 valence electrons. The third-order valence-corrected chi connectivity index (χ3v) is 4.54. The molecule has 4 rings (SSSR count). The first kappa shape index (κ1) is 19.1. The van der Waals surface area contributed by atoms with Gasteiger partial charge in [-0.1, -0.05) is 24.3 Å². The Morgan fingerprint density at radius 2 is 1.70 bits per heavy atom. The Morgan fingerprint density at radius 3 is 2.47 bits per heavy atom. The number of urea groups is 1. The SMILES string of the molecule is CN(C)C(=O)Nc1cncc(-c2ccc3[nH]nc(C(=O)Nc4ccccc4)c3c2)c1. The van der Waals surface area contributed by atoms with Crippen LogP contribution >= 0.6 is 0 Å². The summed E-state index contributed by atoms with van der Waals surface area (Å²) in [4.78, 5) is 30.3. The number of pyridine rings is 1. The van der Waals surface area contributed by atoms with Crippen LogP contribution in [0.2, 0.25) is 0 Å². The number of H-pyrrole nitrogens is 1.